The summed E-state index contributed by atoms with van der Waals surface area (Å²) in [7, 11) is 0. The van der Waals surface area contributed by atoms with Gasteiger partial charge in [0.05, 0.1) is 18.0 Å². The molecule has 1 aliphatic rings. The zero-order chi connectivity index (χ0) is 14.0. The van der Waals surface area contributed by atoms with Crippen LogP contribution in [-0.4, -0.2) is 45.3 Å². The Bertz CT molecular complexity index is 468. The van der Waals surface area contributed by atoms with Crippen molar-refractivity contribution in [2.45, 2.75) is 38.7 Å². The first-order chi connectivity index (χ1) is 8.99. The minimum atomic E-state index is -1.04. The Balaban J connectivity index is 2.31. The van der Waals surface area contributed by atoms with Crippen LogP contribution in [0.4, 0.5) is 5.69 Å². The predicted octanol–water partition coefficient (Wildman–Crippen LogP) is 1.26. The van der Waals surface area contributed by atoms with Gasteiger partial charge in [0.15, 0.2) is 5.69 Å². The molecule has 0 aromatic carbocycles. The number of rotatable bonds is 3. The summed E-state index contributed by atoms with van der Waals surface area (Å²) in [5, 5.41) is 18.8. The summed E-state index contributed by atoms with van der Waals surface area (Å²) in [6, 6.07) is 0. The van der Waals surface area contributed by atoms with Gasteiger partial charge in [0.1, 0.15) is 5.82 Å². The first kappa shape index (κ1) is 13.7. The van der Waals surface area contributed by atoms with E-state index in [-0.39, 0.29) is 17.7 Å². The second kappa shape index (κ2) is 5.52. The molecule has 2 rings (SSSR count). The summed E-state index contributed by atoms with van der Waals surface area (Å²) < 4.78 is 0. The van der Waals surface area contributed by atoms with Crippen molar-refractivity contribution in [1.29, 1.82) is 0 Å². The number of aromatic nitrogens is 2. The first-order valence-corrected chi connectivity index (χ1v) is 6.52. The molecule has 0 atom stereocenters. The lowest BCUT2D eigenvalue weighted by Crippen LogP contribution is -2.37. The zero-order valence-electron chi connectivity index (χ0n) is 11.2. The Morgan fingerprint density at radius 2 is 2.05 bits per heavy atom. The summed E-state index contributed by atoms with van der Waals surface area (Å²) >= 11 is 0. The van der Waals surface area contributed by atoms with Gasteiger partial charge in [-0.15, -0.1) is 0 Å². The number of anilines is 1. The normalized spacial score (nSPS) is 16.9. The molecule has 0 bridgehead atoms. The molecule has 19 heavy (non-hydrogen) atoms. The molecule has 1 fully saturated rings. The van der Waals surface area contributed by atoms with Crippen molar-refractivity contribution >= 4 is 11.7 Å². The summed E-state index contributed by atoms with van der Waals surface area (Å²) in [4.78, 5) is 21.7. The largest absolute Gasteiger partial charge is 0.476 e. The quantitative estimate of drug-likeness (QED) is 0.855. The number of piperidine rings is 1. The minimum absolute atomic E-state index is 0.0510. The van der Waals surface area contributed by atoms with Gasteiger partial charge in [-0.2, -0.15) is 0 Å². The van der Waals surface area contributed by atoms with Gasteiger partial charge >= 0.3 is 5.97 Å². The molecule has 0 unspecified atom stereocenters. The molecule has 1 aliphatic heterocycles. The molecule has 0 spiro atoms. The predicted molar refractivity (Wildman–Crippen MR) is 70.5 cm³/mol. The molecule has 1 aromatic rings. The number of aliphatic hydroxyl groups excluding tert-OH is 1. The first-order valence-electron chi connectivity index (χ1n) is 6.52. The van der Waals surface area contributed by atoms with Crippen LogP contribution in [0.15, 0.2) is 6.20 Å². The van der Waals surface area contributed by atoms with E-state index in [4.69, 9.17) is 0 Å². The SMILES string of the molecule is CC(C)c1ncc(N2CCC(O)CC2)c(C(=O)O)n1. The lowest BCUT2D eigenvalue weighted by atomic mass is 10.1. The molecule has 1 aromatic heterocycles. The number of hydrogen-bond donors (Lipinski definition) is 2. The molecule has 0 aliphatic carbocycles. The van der Waals surface area contributed by atoms with Crippen molar-refractivity contribution in [2.75, 3.05) is 18.0 Å². The lowest BCUT2D eigenvalue weighted by Gasteiger charge is -2.31. The molecule has 0 radical (unpaired) electrons. The summed E-state index contributed by atoms with van der Waals surface area (Å²) in [5.74, 6) is -0.404. The van der Waals surface area contributed by atoms with Crippen LogP contribution in [0.5, 0.6) is 0 Å². The highest BCUT2D eigenvalue weighted by atomic mass is 16.4. The van der Waals surface area contributed by atoms with Crippen molar-refractivity contribution in [3.8, 4) is 0 Å². The highest BCUT2D eigenvalue weighted by Gasteiger charge is 2.23. The van der Waals surface area contributed by atoms with Gasteiger partial charge in [-0.05, 0) is 12.8 Å². The van der Waals surface area contributed by atoms with Crippen LogP contribution >= 0.6 is 0 Å². The molecule has 1 saturated heterocycles. The number of carboxylic acids is 1. The topological polar surface area (TPSA) is 86.5 Å². The third-order valence-corrected chi connectivity index (χ3v) is 3.31. The average Bonchev–Trinajstić information content (AvgIpc) is 2.38. The molecule has 6 nitrogen and oxygen atoms in total. The number of aliphatic hydroxyl groups is 1. The lowest BCUT2D eigenvalue weighted by molar-refractivity contribution is 0.0690. The van der Waals surface area contributed by atoms with Crippen molar-refractivity contribution in [3.05, 3.63) is 17.7 Å². The Morgan fingerprint density at radius 3 is 2.58 bits per heavy atom. The van der Waals surface area contributed by atoms with E-state index < -0.39 is 5.97 Å². The van der Waals surface area contributed by atoms with E-state index in [2.05, 4.69) is 9.97 Å². The van der Waals surface area contributed by atoms with Crippen molar-refractivity contribution in [2.24, 2.45) is 0 Å². The smallest absolute Gasteiger partial charge is 0.356 e. The number of carbonyl (C=O) groups is 1. The maximum absolute atomic E-state index is 11.3. The molecule has 104 valence electrons. The van der Waals surface area contributed by atoms with Crippen LogP contribution in [0.2, 0.25) is 0 Å². The number of aromatic carboxylic acids is 1. The van der Waals surface area contributed by atoms with Crippen LogP contribution in [0, 0.1) is 0 Å². The molecular formula is C13H19N3O3. The maximum atomic E-state index is 11.3. The molecule has 2 heterocycles. The van der Waals surface area contributed by atoms with Crippen LogP contribution in [-0.2, 0) is 0 Å². The molecule has 2 N–H and O–H groups in total. The fourth-order valence-corrected chi connectivity index (χ4v) is 2.16. The van der Waals surface area contributed by atoms with Crippen molar-refractivity contribution in [1.82, 2.24) is 9.97 Å². The third kappa shape index (κ3) is 3.01. The molecule has 0 amide bonds. The standard InChI is InChI=1S/C13H19N3O3/c1-8(2)12-14-7-10(11(15-12)13(18)19)16-5-3-9(17)4-6-16/h7-9,17H,3-6H2,1-2H3,(H,18,19). The van der Waals surface area contributed by atoms with Crippen LogP contribution < -0.4 is 4.90 Å². The van der Waals surface area contributed by atoms with Gasteiger partial charge in [-0.1, -0.05) is 13.8 Å². The Labute approximate surface area is 112 Å². The van der Waals surface area contributed by atoms with Crippen LogP contribution in [0.3, 0.4) is 0 Å². The number of carboxylic acid groups (broad SMARTS) is 1. The second-order valence-electron chi connectivity index (χ2n) is 5.14. The number of nitrogens with zero attached hydrogens (tertiary/aromatic N) is 3. The third-order valence-electron chi connectivity index (χ3n) is 3.31. The van der Waals surface area contributed by atoms with Gasteiger partial charge in [0, 0.05) is 19.0 Å². The van der Waals surface area contributed by atoms with Crippen LogP contribution in [0.1, 0.15) is 48.9 Å². The average molecular weight is 265 g/mol. The van der Waals surface area contributed by atoms with Crippen LogP contribution in [0.25, 0.3) is 0 Å². The van der Waals surface area contributed by atoms with E-state index in [0.29, 0.717) is 37.4 Å². The van der Waals surface area contributed by atoms with Gasteiger partial charge in [-0.25, -0.2) is 14.8 Å². The Kier molecular flexibility index (Phi) is 3.99. The van der Waals surface area contributed by atoms with E-state index in [1.807, 2.05) is 18.7 Å². The van der Waals surface area contributed by atoms with E-state index in [1.54, 1.807) is 6.20 Å². The fourth-order valence-electron chi connectivity index (χ4n) is 2.16. The van der Waals surface area contributed by atoms with Gasteiger partial charge in [-0.3, -0.25) is 0 Å². The van der Waals surface area contributed by atoms with Gasteiger partial charge in [0.2, 0.25) is 0 Å². The summed E-state index contributed by atoms with van der Waals surface area (Å²) in [6.45, 7) is 5.12. The molecular weight excluding hydrogens is 246 g/mol. The van der Waals surface area contributed by atoms with E-state index in [0.717, 1.165) is 0 Å². The molecule has 0 saturated carbocycles. The zero-order valence-corrected chi connectivity index (χ0v) is 11.2. The highest BCUT2D eigenvalue weighted by Crippen LogP contribution is 2.24. The monoisotopic (exact) mass is 265 g/mol. The van der Waals surface area contributed by atoms with E-state index in [9.17, 15) is 15.0 Å². The van der Waals surface area contributed by atoms with Crippen molar-refractivity contribution in [3.63, 3.8) is 0 Å². The number of hydrogen-bond acceptors (Lipinski definition) is 5. The highest BCUT2D eigenvalue weighted by molar-refractivity contribution is 5.92. The summed E-state index contributed by atoms with van der Waals surface area (Å²) in [5.41, 5.74) is 0.596. The van der Waals surface area contributed by atoms with Gasteiger partial charge < -0.3 is 15.1 Å². The molecule has 6 heteroatoms. The maximum Gasteiger partial charge on any atom is 0.356 e. The Morgan fingerprint density at radius 1 is 1.42 bits per heavy atom. The van der Waals surface area contributed by atoms with E-state index in [1.165, 1.54) is 0 Å². The van der Waals surface area contributed by atoms with E-state index >= 15 is 0 Å². The second-order valence-corrected chi connectivity index (χ2v) is 5.14. The van der Waals surface area contributed by atoms with Crippen molar-refractivity contribution < 1.29 is 15.0 Å². The van der Waals surface area contributed by atoms with Gasteiger partial charge in [0.25, 0.3) is 0 Å². The summed E-state index contributed by atoms with van der Waals surface area (Å²) in [6.07, 6.45) is 2.58. The Hall–Kier alpha value is -1.69. The fraction of sp³-hybridized carbons (Fsp3) is 0.615. The minimum Gasteiger partial charge on any atom is -0.476 e.